The summed E-state index contributed by atoms with van der Waals surface area (Å²) in [7, 11) is 0. The van der Waals surface area contributed by atoms with Crippen molar-refractivity contribution in [3.8, 4) is 0 Å². The summed E-state index contributed by atoms with van der Waals surface area (Å²) in [5, 5.41) is 8.03. The second-order valence-electron chi connectivity index (χ2n) is 10.4. The van der Waals surface area contributed by atoms with Crippen molar-refractivity contribution in [2.24, 2.45) is 50.3 Å². The molecule has 4 atom stereocenters. The lowest BCUT2D eigenvalue weighted by molar-refractivity contribution is -0.134. The van der Waals surface area contributed by atoms with Crippen LogP contribution in [-0.4, -0.2) is 72.8 Å². The number of amides is 4. The summed E-state index contributed by atoms with van der Waals surface area (Å²) in [4.78, 5) is 59.3. The minimum atomic E-state index is -1.07. The number of primary amides is 1. The van der Waals surface area contributed by atoms with Gasteiger partial charge < -0.3 is 50.4 Å². The topological polar surface area (TPSA) is 285 Å². The standard InChI is InChI=1S/C27H47N11O4/c1-16(2)14-21(38-23(40)18(28)15-17-8-4-3-5-9-17)25(42)37-20(11-7-13-35-27(32)33)24(41)36-19(22(29)39)10-6-12-34-26(30)31/h3-5,8-9,16,18-21H,6-7,10-15,28H2,1-2H3,(H2,29,39)(H,36,41)(H,37,42)(H,38,40)(H4,30,31,34)(H4,32,33,35)/t18-,19-,20-,21-/m0/s1. The third-order valence-corrected chi connectivity index (χ3v) is 6.16. The minimum absolute atomic E-state index is 0.0324. The van der Waals surface area contributed by atoms with Gasteiger partial charge in [-0.25, -0.2) is 0 Å². The maximum Gasteiger partial charge on any atom is 0.243 e. The first-order valence-electron chi connectivity index (χ1n) is 13.9. The van der Waals surface area contributed by atoms with Crippen molar-refractivity contribution in [2.45, 2.75) is 76.5 Å². The number of hydrogen-bond donors (Lipinski definition) is 9. The predicted molar refractivity (Wildman–Crippen MR) is 162 cm³/mol. The van der Waals surface area contributed by atoms with E-state index >= 15 is 0 Å². The van der Waals surface area contributed by atoms with Crippen LogP contribution in [0.15, 0.2) is 40.3 Å². The number of hydrogen-bond acceptors (Lipinski definition) is 7. The van der Waals surface area contributed by atoms with Gasteiger partial charge in [0.2, 0.25) is 23.6 Å². The Bertz CT molecular complexity index is 1070. The number of guanidine groups is 2. The van der Waals surface area contributed by atoms with E-state index in [1.165, 1.54) is 0 Å². The monoisotopic (exact) mass is 589 g/mol. The van der Waals surface area contributed by atoms with Crippen LogP contribution in [-0.2, 0) is 25.6 Å². The zero-order valence-corrected chi connectivity index (χ0v) is 24.4. The normalized spacial score (nSPS) is 13.6. The minimum Gasteiger partial charge on any atom is -0.370 e. The average Bonchev–Trinajstić information content (AvgIpc) is 2.91. The first kappa shape index (κ1) is 35.6. The van der Waals surface area contributed by atoms with Gasteiger partial charge in [-0.1, -0.05) is 44.2 Å². The van der Waals surface area contributed by atoms with E-state index in [2.05, 4.69) is 25.9 Å². The van der Waals surface area contributed by atoms with E-state index in [4.69, 9.17) is 34.4 Å². The van der Waals surface area contributed by atoms with Crippen LogP contribution < -0.4 is 50.4 Å². The van der Waals surface area contributed by atoms with Crippen LogP contribution in [0.3, 0.4) is 0 Å². The van der Waals surface area contributed by atoms with Crippen LogP contribution in [0.2, 0.25) is 0 Å². The molecule has 0 bridgehead atoms. The Hall–Kier alpha value is -4.40. The Morgan fingerprint density at radius 1 is 0.714 bits per heavy atom. The molecular weight excluding hydrogens is 542 g/mol. The van der Waals surface area contributed by atoms with Gasteiger partial charge in [0.25, 0.3) is 0 Å². The fourth-order valence-corrected chi connectivity index (χ4v) is 4.05. The van der Waals surface area contributed by atoms with Crippen molar-refractivity contribution < 1.29 is 19.2 Å². The van der Waals surface area contributed by atoms with Gasteiger partial charge in [-0.15, -0.1) is 0 Å². The molecule has 1 rings (SSSR count). The van der Waals surface area contributed by atoms with Gasteiger partial charge in [0.05, 0.1) is 6.04 Å². The van der Waals surface area contributed by atoms with Crippen LogP contribution in [0, 0.1) is 5.92 Å². The van der Waals surface area contributed by atoms with Crippen LogP contribution in [0.25, 0.3) is 0 Å². The summed E-state index contributed by atoms with van der Waals surface area (Å²) in [6.07, 6.45) is 1.62. The zero-order chi connectivity index (χ0) is 31.7. The molecule has 0 aliphatic heterocycles. The number of nitrogens with one attached hydrogen (secondary N) is 3. The highest BCUT2D eigenvalue weighted by atomic mass is 16.2. The molecule has 0 spiro atoms. The summed E-state index contributed by atoms with van der Waals surface area (Å²) in [6.45, 7) is 4.25. The fourth-order valence-electron chi connectivity index (χ4n) is 4.05. The molecule has 0 radical (unpaired) electrons. The number of rotatable bonds is 19. The second kappa shape index (κ2) is 18.9. The molecule has 0 saturated carbocycles. The van der Waals surface area contributed by atoms with E-state index in [0.717, 1.165) is 5.56 Å². The van der Waals surface area contributed by atoms with Gasteiger partial charge in [0.15, 0.2) is 11.9 Å². The number of aliphatic imine (C=N–C) groups is 2. The first-order valence-corrected chi connectivity index (χ1v) is 13.9. The van der Waals surface area contributed by atoms with Gasteiger partial charge in [-0.3, -0.25) is 29.2 Å². The van der Waals surface area contributed by atoms with E-state index in [9.17, 15) is 19.2 Å². The van der Waals surface area contributed by atoms with Crippen LogP contribution in [0.4, 0.5) is 0 Å². The van der Waals surface area contributed by atoms with Crippen molar-refractivity contribution in [3.05, 3.63) is 35.9 Å². The van der Waals surface area contributed by atoms with Gasteiger partial charge in [0, 0.05) is 13.1 Å². The molecule has 0 fully saturated rings. The molecular formula is C27H47N11O4. The van der Waals surface area contributed by atoms with Gasteiger partial charge in [-0.2, -0.15) is 0 Å². The Kier molecular flexibility index (Phi) is 16.0. The maximum atomic E-state index is 13.4. The largest absolute Gasteiger partial charge is 0.370 e. The summed E-state index contributed by atoms with van der Waals surface area (Å²) in [5.41, 5.74) is 33.9. The molecule has 0 aliphatic carbocycles. The maximum absolute atomic E-state index is 13.4. The molecule has 15 nitrogen and oxygen atoms in total. The summed E-state index contributed by atoms with van der Waals surface area (Å²) in [5.74, 6) is -2.63. The molecule has 234 valence electrons. The highest BCUT2D eigenvalue weighted by Crippen LogP contribution is 2.09. The molecule has 15 N–H and O–H groups in total. The molecule has 4 amide bonds. The highest BCUT2D eigenvalue weighted by molar-refractivity contribution is 5.94. The van der Waals surface area contributed by atoms with Gasteiger partial charge in [-0.05, 0) is 50.0 Å². The molecule has 15 heteroatoms. The number of carbonyl (C=O) groups excluding carboxylic acids is 4. The number of nitrogens with zero attached hydrogens (tertiary/aromatic N) is 2. The SMILES string of the molecule is CC(C)C[C@H](NC(=O)[C@@H](N)Cc1ccccc1)C(=O)N[C@@H](CCCN=C(N)N)C(=O)N[C@@H](CCCN=C(N)N)C(N)=O. The molecule has 1 aromatic rings. The Balaban J connectivity index is 3.01. The number of benzene rings is 1. The lowest BCUT2D eigenvalue weighted by Gasteiger charge is -2.26. The lowest BCUT2D eigenvalue weighted by atomic mass is 10.0. The molecule has 0 saturated heterocycles. The van der Waals surface area contributed by atoms with Gasteiger partial charge in [0.1, 0.15) is 18.1 Å². The Labute approximate surface area is 246 Å². The fraction of sp³-hybridized carbons (Fsp3) is 0.556. The molecule has 0 unspecified atom stereocenters. The van der Waals surface area contributed by atoms with Crippen LogP contribution in [0.1, 0.15) is 51.5 Å². The van der Waals surface area contributed by atoms with Crippen molar-refractivity contribution in [1.29, 1.82) is 0 Å². The molecule has 42 heavy (non-hydrogen) atoms. The molecule has 0 aromatic heterocycles. The Morgan fingerprint density at radius 3 is 1.69 bits per heavy atom. The molecule has 0 aliphatic rings. The Morgan fingerprint density at radius 2 is 1.19 bits per heavy atom. The predicted octanol–water partition coefficient (Wildman–Crippen LogP) is -2.35. The van der Waals surface area contributed by atoms with E-state index < -0.39 is 47.8 Å². The summed E-state index contributed by atoms with van der Waals surface area (Å²) in [6, 6.07) is 5.33. The first-order chi connectivity index (χ1) is 19.8. The second-order valence-corrected chi connectivity index (χ2v) is 10.4. The summed E-state index contributed by atoms with van der Waals surface area (Å²) >= 11 is 0. The molecule has 0 heterocycles. The van der Waals surface area contributed by atoms with Crippen molar-refractivity contribution in [3.63, 3.8) is 0 Å². The van der Waals surface area contributed by atoms with Gasteiger partial charge >= 0.3 is 0 Å². The smallest absolute Gasteiger partial charge is 0.243 e. The third-order valence-electron chi connectivity index (χ3n) is 6.16. The van der Waals surface area contributed by atoms with E-state index in [-0.39, 0.29) is 50.2 Å². The molecule has 1 aromatic carbocycles. The van der Waals surface area contributed by atoms with Crippen LogP contribution in [0.5, 0.6) is 0 Å². The van der Waals surface area contributed by atoms with Crippen LogP contribution >= 0.6 is 0 Å². The lowest BCUT2D eigenvalue weighted by Crippen LogP contribution is -2.57. The quantitative estimate of drug-likeness (QED) is 0.0473. The highest BCUT2D eigenvalue weighted by Gasteiger charge is 2.30. The van der Waals surface area contributed by atoms with Crippen molar-refractivity contribution >= 4 is 35.5 Å². The average molecular weight is 590 g/mol. The number of nitrogens with two attached hydrogens (primary N) is 6. The third kappa shape index (κ3) is 14.8. The van der Waals surface area contributed by atoms with E-state index in [0.29, 0.717) is 19.3 Å². The zero-order valence-electron chi connectivity index (χ0n) is 24.4. The van der Waals surface area contributed by atoms with E-state index in [1.54, 1.807) is 0 Å². The van der Waals surface area contributed by atoms with Crippen molar-refractivity contribution in [1.82, 2.24) is 16.0 Å². The summed E-state index contributed by atoms with van der Waals surface area (Å²) < 4.78 is 0. The van der Waals surface area contributed by atoms with E-state index in [1.807, 2.05) is 44.2 Å². The number of carbonyl (C=O) groups is 4. The van der Waals surface area contributed by atoms with Crippen molar-refractivity contribution in [2.75, 3.05) is 13.1 Å².